The highest BCUT2D eigenvalue weighted by atomic mass is 16.6. The summed E-state index contributed by atoms with van der Waals surface area (Å²) in [7, 11) is 0. The Morgan fingerprint density at radius 3 is 1.70 bits per heavy atom. The van der Waals surface area contributed by atoms with Gasteiger partial charge in [0.1, 0.15) is 0 Å². The number of cyclic esters (lactones) is 2. The second-order valence-corrected chi connectivity index (χ2v) is 3.78. The molecule has 0 aromatic heterocycles. The third-order valence-corrected chi connectivity index (χ3v) is 2.36. The van der Waals surface area contributed by atoms with Gasteiger partial charge in [0.2, 0.25) is 0 Å². The highest BCUT2D eigenvalue weighted by Crippen LogP contribution is 2.18. The van der Waals surface area contributed by atoms with Crippen LogP contribution < -0.4 is 0 Å². The Labute approximate surface area is 115 Å². The summed E-state index contributed by atoms with van der Waals surface area (Å²) >= 11 is 0. The molecule has 1 heterocycles. The molecule has 0 fully saturated rings. The summed E-state index contributed by atoms with van der Waals surface area (Å²) in [5.41, 5.74) is 0.718. The normalized spacial score (nSPS) is 11.9. The maximum Gasteiger partial charge on any atom is 0.346 e. The molecule has 106 valence electrons. The smallest absolute Gasteiger partial charge is 0.346 e. The van der Waals surface area contributed by atoms with E-state index in [0.717, 1.165) is 0 Å². The minimum Gasteiger partial charge on any atom is -0.393 e. The topological polar surface area (TPSA) is 86.7 Å². The first kappa shape index (κ1) is 15.6. The van der Waals surface area contributed by atoms with Gasteiger partial charge in [-0.15, -0.1) is 0 Å². The number of esters is 4. The lowest BCUT2D eigenvalue weighted by atomic mass is 10.1. The molecule has 0 saturated heterocycles. The first-order chi connectivity index (χ1) is 9.49. The van der Waals surface area contributed by atoms with Crippen LogP contribution in [0.3, 0.4) is 0 Å². The van der Waals surface area contributed by atoms with E-state index in [9.17, 15) is 19.2 Å². The predicted octanol–water partition coefficient (Wildman–Crippen LogP) is 1.87. The Morgan fingerprint density at radius 2 is 1.35 bits per heavy atom. The average Bonchev–Trinajstić information content (AvgIpc) is 2.75. The predicted molar refractivity (Wildman–Crippen MR) is 67.9 cm³/mol. The van der Waals surface area contributed by atoms with Gasteiger partial charge in [0.05, 0.1) is 11.1 Å². The van der Waals surface area contributed by atoms with E-state index in [-0.39, 0.29) is 12.8 Å². The summed E-state index contributed by atoms with van der Waals surface area (Å²) in [5, 5.41) is 0. The Kier molecular flexibility index (Phi) is 5.58. The quantitative estimate of drug-likeness (QED) is 0.606. The molecular formula is C14H14O6. The van der Waals surface area contributed by atoms with E-state index in [1.165, 1.54) is 0 Å². The third-order valence-electron chi connectivity index (χ3n) is 2.36. The van der Waals surface area contributed by atoms with Gasteiger partial charge in [0.25, 0.3) is 0 Å². The van der Waals surface area contributed by atoms with E-state index in [1.54, 1.807) is 38.1 Å². The summed E-state index contributed by atoms with van der Waals surface area (Å²) < 4.78 is 8.62. The van der Waals surface area contributed by atoms with E-state index >= 15 is 0 Å². The Bertz CT molecular complexity index is 499. The van der Waals surface area contributed by atoms with Gasteiger partial charge in [-0.1, -0.05) is 26.0 Å². The first-order valence-electron chi connectivity index (χ1n) is 6.08. The van der Waals surface area contributed by atoms with Crippen LogP contribution in [0.25, 0.3) is 0 Å². The number of carbonyl (C=O) groups excluding carboxylic acids is 4. The van der Waals surface area contributed by atoms with Crippen molar-refractivity contribution < 1.29 is 28.7 Å². The molecule has 0 saturated carbocycles. The van der Waals surface area contributed by atoms with Crippen LogP contribution in [0.5, 0.6) is 0 Å². The lowest BCUT2D eigenvalue weighted by molar-refractivity contribution is -0.159. The second-order valence-electron chi connectivity index (χ2n) is 3.78. The van der Waals surface area contributed by atoms with Gasteiger partial charge in [-0.25, -0.2) is 9.59 Å². The van der Waals surface area contributed by atoms with E-state index in [4.69, 9.17) is 0 Å². The minimum absolute atomic E-state index is 0.256. The Balaban J connectivity index is 0.000000206. The van der Waals surface area contributed by atoms with Gasteiger partial charge in [-0.3, -0.25) is 9.59 Å². The van der Waals surface area contributed by atoms with Gasteiger partial charge >= 0.3 is 23.9 Å². The number of carbonyl (C=O) groups is 4. The molecule has 0 N–H and O–H groups in total. The molecule has 2 rings (SSSR count). The van der Waals surface area contributed by atoms with E-state index < -0.39 is 23.9 Å². The summed E-state index contributed by atoms with van der Waals surface area (Å²) in [6, 6.07) is 6.53. The minimum atomic E-state index is -0.550. The molecule has 1 aromatic carbocycles. The van der Waals surface area contributed by atoms with Crippen molar-refractivity contribution >= 4 is 23.9 Å². The number of benzene rings is 1. The fraction of sp³-hybridized carbons (Fsp3) is 0.286. The SMILES string of the molecule is CCC(=O)OC(=O)CC.O=C1OC(=O)c2ccccc21. The fourth-order valence-corrected chi connectivity index (χ4v) is 1.30. The number of fused-ring (bicyclic) bond motifs is 1. The van der Waals surface area contributed by atoms with Crippen molar-refractivity contribution in [3.63, 3.8) is 0 Å². The van der Waals surface area contributed by atoms with Gasteiger partial charge in [-0.05, 0) is 12.1 Å². The van der Waals surface area contributed by atoms with Crippen LogP contribution in [-0.2, 0) is 19.1 Å². The molecule has 0 unspecified atom stereocenters. The maximum absolute atomic E-state index is 10.8. The van der Waals surface area contributed by atoms with Crippen LogP contribution in [0.4, 0.5) is 0 Å². The lowest BCUT2D eigenvalue weighted by Gasteiger charge is -1.95. The molecule has 0 atom stereocenters. The molecule has 0 aliphatic carbocycles. The molecule has 20 heavy (non-hydrogen) atoms. The zero-order valence-electron chi connectivity index (χ0n) is 11.2. The van der Waals surface area contributed by atoms with Crippen molar-refractivity contribution in [3.05, 3.63) is 35.4 Å². The van der Waals surface area contributed by atoms with Crippen LogP contribution in [-0.4, -0.2) is 23.9 Å². The van der Waals surface area contributed by atoms with Crippen LogP contribution in [0.1, 0.15) is 47.4 Å². The molecule has 0 radical (unpaired) electrons. The monoisotopic (exact) mass is 278 g/mol. The van der Waals surface area contributed by atoms with Crippen LogP contribution in [0.2, 0.25) is 0 Å². The number of hydrogen-bond donors (Lipinski definition) is 0. The summed E-state index contributed by atoms with van der Waals surface area (Å²) in [5.74, 6) is -2.01. The summed E-state index contributed by atoms with van der Waals surface area (Å²) in [6.45, 7) is 3.29. The molecular weight excluding hydrogens is 264 g/mol. The number of ether oxygens (including phenoxy) is 2. The maximum atomic E-state index is 10.8. The number of hydrogen-bond acceptors (Lipinski definition) is 6. The van der Waals surface area contributed by atoms with Crippen molar-refractivity contribution in [2.75, 3.05) is 0 Å². The van der Waals surface area contributed by atoms with Crippen molar-refractivity contribution in [1.29, 1.82) is 0 Å². The van der Waals surface area contributed by atoms with E-state index in [0.29, 0.717) is 11.1 Å². The van der Waals surface area contributed by atoms with Crippen molar-refractivity contribution in [2.24, 2.45) is 0 Å². The largest absolute Gasteiger partial charge is 0.393 e. The molecule has 1 aliphatic heterocycles. The van der Waals surface area contributed by atoms with E-state index in [1.807, 2.05) is 0 Å². The van der Waals surface area contributed by atoms with Gasteiger partial charge < -0.3 is 9.47 Å². The highest BCUT2D eigenvalue weighted by molar-refractivity contribution is 6.14. The van der Waals surface area contributed by atoms with Gasteiger partial charge in [0.15, 0.2) is 0 Å². The van der Waals surface area contributed by atoms with Crippen molar-refractivity contribution in [2.45, 2.75) is 26.7 Å². The summed E-state index contributed by atoms with van der Waals surface area (Å²) in [6.07, 6.45) is 0.511. The van der Waals surface area contributed by atoms with Crippen LogP contribution >= 0.6 is 0 Å². The molecule has 0 amide bonds. The fourth-order valence-electron chi connectivity index (χ4n) is 1.30. The Hall–Kier alpha value is -2.50. The second kappa shape index (κ2) is 7.18. The van der Waals surface area contributed by atoms with Crippen LogP contribution in [0.15, 0.2) is 24.3 Å². The molecule has 1 aliphatic rings. The standard InChI is InChI=1S/C8H4O3.C6H10O3/c9-7-5-3-1-2-4-6(5)8(10)11-7;1-3-5(7)9-6(8)4-2/h1-4H;3-4H2,1-2H3. The third kappa shape index (κ3) is 4.01. The summed E-state index contributed by atoms with van der Waals surface area (Å²) in [4.78, 5) is 42.3. The lowest BCUT2D eigenvalue weighted by Crippen LogP contribution is -2.09. The Morgan fingerprint density at radius 1 is 0.950 bits per heavy atom. The molecule has 1 aromatic rings. The number of rotatable bonds is 2. The zero-order valence-corrected chi connectivity index (χ0v) is 11.2. The van der Waals surface area contributed by atoms with Crippen molar-refractivity contribution in [3.8, 4) is 0 Å². The molecule has 6 heteroatoms. The first-order valence-corrected chi connectivity index (χ1v) is 6.08. The highest BCUT2D eigenvalue weighted by Gasteiger charge is 2.28. The zero-order chi connectivity index (χ0) is 15.1. The molecule has 6 nitrogen and oxygen atoms in total. The van der Waals surface area contributed by atoms with Gasteiger partial charge in [0, 0.05) is 12.8 Å². The average molecular weight is 278 g/mol. The molecule has 0 spiro atoms. The van der Waals surface area contributed by atoms with Crippen molar-refractivity contribution in [1.82, 2.24) is 0 Å². The van der Waals surface area contributed by atoms with E-state index in [2.05, 4.69) is 9.47 Å². The van der Waals surface area contributed by atoms with Crippen LogP contribution in [0, 0.1) is 0 Å². The molecule has 0 bridgehead atoms. The van der Waals surface area contributed by atoms with Gasteiger partial charge in [-0.2, -0.15) is 0 Å².